The van der Waals surface area contributed by atoms with E-state index in [1.807, 2.05) is 0 Å². The predicted octanol–water partition coefficient (Wildman–Crippen LogP) is 1.72. The highest BCUT2D eigenvalue weighted by Crippen LogP contribution is 2.17. The largest absolute Gasteiger partial charge is 0.464 e. The summed E-state index contributed by atoms with van der Waals surface area (Å²) in [5.41, 5.74) is 0. The van der Waals surface area contributed by atoms with E-state index in [0.29, 0.717) is 6.61 Å². The number of cyclic esters (lactones) is 1. The van der Waals surface area contributed by atoms with Gasteiger partial charge in [-0.2, -0.15) is 0 Å². The summed E-state index contributed by atoms with van der Waals surface area (Å²) < 4.78 is 4.88. The lowest BCUT2D eigenvalue weighted by molar-refractivity contribution is -0.139. The maximum Gasteiger partial charge on any atom is 0.323 e. The van der Waals surface area contributed by atoms with Crippen LogP contribution in [0.2, 0.25) is 0 Å². The van der Waals surface area contributed by atoms with E-state index in [1.54, 1.807) is 11.3 Å². The van der Waals surface area contributed by atoms with Crippen molar-refractivity contribution in [1.29, 1.82) is 0 Å². The number of thiophene rings is 1. The fourth-order valence-corrected chi connectivity index (χ4v) is 2.52. The zero-order valence-corrected chi connectivity index (χ0v) is 9.60. The maximum atomic E-state index is 11.2. The van der Waals surface area contributed by atoms with Gasteiger partial charge in [-0.1, -0.05) is 6.92 Å². The van der Waals surface area contributed by atoms with Crippen LogP contribution in [0.25, 0.3) is 0 Å². The Balaban J connectivity index is 1.84. The maximum absolute atomic E-state index is 11.2. The molecule has 15 heavy (non-hydrogen) atoms. The lowest BCUT2D eigenvalue weighted by atomic mass is 10.2. The molecule has 1 aromatic rings. The van der Waals surface area contributed by atoms with Crippen LogP contribution >= 0.6 is 11.3 Å². The van der Waals surface area contributed by atoms with Crippen LogP contribution in [0.15, 0.2) is 12.1 Å². The van der Waals surface area contributed by atoms with Gasteiger partial charge in [0.1, 0.15) is 6.04 Å². The number of carbonyl (C=O) groups excluding carboxylic acids is 1. The Morgan fingerprint density at radius 1 is 1.53 bits per heavy atom. The van der Waals surface area contributed by atoms with Gasteiger partial charge in [0.2, 0.25) is 0 Å². The third-order valence-corrected chi connectivity index (χ3v) is 3.75. The molecule has 2 rings (SSSR count). The van der Waals surface area contributed by atoms with Gasteiger partial charge in [-0.3, -0.25) is 10.1 Å². The lowest BCUT2D eigenvalue weighted by Gasteiger charge is -2.06. The number of nitrogens with one attached hydrogen (secondary N) is 1. The Labute approximate surface area is 93.4 Å². The van der Waals surface area contributed by atoms with Crippen LogP contribution in [-0.4, -0.2) is 18.6 Å². The molecule has 1 aliphatic rings. The molecule has 1 fully saturated rings. The topological polar surface area (TPSA) is 38.3 Å². The second kappa shape index (κ2) is 4.77. The number of aryl methyl sites for hydroxylation is 1. The minimum absolute atomic E-state index is 0.0998. The summed E-state index contributed by atoms with van der Waals surface area (Å²) in [6.45, 7) is 3.48. The van der Waals surface area contributed by atoms with Crippen LogP contribution in [0.3, 0.4) is 0 Å². The van der Waals surface area contributed by atoms with Crippen molar-refractivity contribution >= 4 is 17.3 Å². The second-order valence-electron chi connectivity index (χ2n) is 3.61. The Morgan fingerprint density at radius 2 is 2.33 bits per heavy atom. The molecule has 0 saturated carbocycles. The SMILES string of the molecule is CCc1ccc(CNC2CCOC2=O)s1. The predicted molar refractivity (Wildman–Crippen MR) is 59.9 cm³/mol. The summed E-state index contributed by atoms with van der Waals surface area (Å²) in [7, 11) is 0. The summed E-state index contributed by atoms with van der Waals surface area (Å²) in [5, 5.41) is 3.22. The molecule has 0 bridgehead atoms. The fourth-order valence-electron chi connectivity index (χ4n) is 1.61. The van der Waals surface area contributed by atoms with Crippen LogP contribution in [0.1, 0.15) is 23.1 Å². The first-order valence-corrected chi connectivity index (χ1v) is 6.09. The molecule has 1 saturated heterocycles. The van der Waals surface area contributed by atoms with E-state index in [-0.39, 0.29) is 12.0 Å². The average molecular weight is 225 g/mol. The first-order valence-electron chi connectivity index (χ1n) is 5.27. The third kappa shape index (κ3) is 2.58. The zero-order valence-electron chi connectivity index (χ0n) is 8.79. The molecule has 1 aromatic heterocycles. The minimum atomic E-state index is -0.109. The van der Waals surface area contributed by atoms with Crippen molar-refractivity contribution in [3.05, 3.63) is 21.9 Å². The van der Waals surface area contributed by atoms with Crippen LogP contribution in [0.4, 0.5) is 0 Å². The van der Waals surface area contributed by atoms with Crippen molar-refractivity contribution in [2.45, 2.75) is 32.4 Å². The lowest BCUT2D eigenvalue weighted by Crippen LogP contribution is -2.32. The Kier molecular flexibility index (Phi) is 3.38. The average Bonchev–Trinajstić information content (AvgIpc) is 2.84. The van der Waals surface area contributed by atoms with Crippen LogP contribution in [0, 0.1) is 0 Å². The molecule has 1 aliphatic heterocycles. The number of hydrogen-bond acceptors (Lipinski definition) is 4. The number of rotatable bonds is 4. The fraction of sp³-hybridized carbons (Fsp3) is 0.545. The monoisotopic (exact) mass is 225 g/mol. The Bertz CT molecular complexity index is 348. The quantitative estimate of drug-likeness (QED) is 0.793. The van der Waals surface area contributed by atoms with Crippen molar-refractivity contribution in [3.63, 3.8) is 0 Å². The Hall–Kier alpha value is -0.870. The number of ether oxygens (including phenoxy) is 1. The van der Waals surface area contributed by atoms with Crippen molar-refractivity contribution in [3.8, 4) is 0 Å². The van der Waals surface area contributed by atoms with Crippen LogP contribution in [-0.2, 0) is 22.5 Å². The normalized spacial score (nSPS) is 20.6. The highest BCUT2D eigenvalue weighted by Gasteiger charge is 2.25. The number of hydrogen-bond donors (Lipinski definition) is 1. The van der Waals surface area contributed by atoms with E-state index >= 15 is 0 Å². The van der Waals surface area contributed by atoms with E-state index in [9.17, 15) is 4.79 Å². The molecule has 1 N–H and O–H groups in total. The van der Waals surface area contributed by atoms with Gasteiger partial charge in [-0.05, 0) is 18.6 Å². The van der Waals surface area contributed by atoms with Gasteiger partial charge in [-0.25, -0.2) is 0 Å². The zero-order chi connectivity index (χ0) is 10.7. The first-order chi connectivity index (χ1) is 7.29. The molecule has 1 unspecified atom stereocenters. The summed E-state index contributed by atoms with van der Waals surface area (Å²) in [5.74, 6) is -0.109. The van der Waals surface area contributed by atoms with Crippen molar-refractivity contribution in [2.24, 2.45) is 0 Å². The van der Waals surface area contributed by atoms with Gasteiger partial charge in [0.05, 0.1) is 6.61 Å². The molecule has 1 atom stereocenters. The molecule has 2 heterocycles. The van der Waals surface area contributed by atoms with Crippen molar-refractivity contribution < 1.29 is 9.53 Å². The van der Waals surface area contributed by atoms with Gasteiger partial charge < -0.3 is 4.74 Å². The summed E-state index contributed by atoms with van der Waals surface area (Å²) >= 11 is 1.80. The van der Waals surface area contributed by atoms with Crippen LogP contribution in [0.5, 0.6) is 0 Å². The smallest absolute Gasteiger partial charge is 0.323 e. The molecular weight excluding hydrogens is 210 g/mol. The number of esters is 1. The molecule has 0 spiro atoms. The van der Waals surface area contributed by atoms with Crippen molar-refractivity contribution in [2.75, 3.05) is 6.61 Å². The molecule has 3 nitrogen and oxygen atoms in total. The van der Waals surface area contributed by atoms with E-state index in [0.717, 1.165) is 19.4 Å². The molecule has 4 heteroatoms. The van der Waals surface area contributed by atoms with Gasteiger partial charge in [-0.15, -0.1) is 11.3 Å². The molecule has 82 valence electrons. The highest BCUT2D eigenvalue weighted by molar-refractivity contribution is 7.11. The van der Waals surface area contributed by atoms with E-state index < -0.39 is 0 Å². The van der Waals surface area contributed by atoms with Gasteiger partial charge in [0.15, 0.2) is 0 Å². The highest BCUT2D eigenvalue weighted by atomic mass is 32.1. The van der Waals surface area contributed by atoms with E-state index in [1.165, 1.54) is 9.75 Å². The molecule has 0 radical (unpaired) electrons. The van der Waals surface area contributed by atoms with Gasteiger partial charge in [0, 0.05) is 22.7 Å². The van der Waals surface area contributed by atoms with Gasteiger partial charge >= 0.3 is 5.97 Å². The van der Waals surface area contributed by atoms with E-state index in [4.69, 9.17) is 4.74 Å². The Morgan fingerprint density at radius 3 is 2.93 bits per heavy atom. The molecule has 0 amide bonds. The third-order valence-electron chi connectivity index (χ3n) is 2.52. The molecule has 0 aliphatic carbocycles. The van der Waals surface area contributed by atoms with Crippen molar-refractivity contribution in [1.82, 2.24) is 5.32 Å². The summed E-state index contributed by atoms with van der Waals surface area (Å²) in [4.78, 5) is 13.8. The summed E-state index contributed by atoms with van der Waals surface area (Å²) in [6, 6.07) is 4.17. The van der Waals surface area contributed by atoms with Crippen LogP contribution < -0.4 is 5.32 Å². The standard InChI is InChI=1S/C11H15NO2S/c1-2-8-3-4-9(15-8)7-12-10-5-6-14-11(10)13/h3-4,10,12H,2,5-7H2,1H3. The van der Waals surface area contributed by atoms with E-state index in [2.05, 4.69) is 24.4 Å². The molecule has 0 aromatic carbocycles. The summed E-state index contributed by atoms with van der Waals surface area (Å²) in [6.07, 6.45) is 1.88. The second-order valence-corrected chi connectivity index (χ2v) is 4.86. The number of carbonyl (C=O) groups is 1. The van der Waals surface area contributed by atoms with Gasteiger partial charge in [0.25, 0.3) is 0 Å². The minimum Gasteiger partial charge on any atom is -0.464 e. The molecular formula is C11H15NO2S. The first kappa shape index (κ1) is 10.6.